The Morgan fingerprint density at radius 1 is 0.806 bits per heavy atom. The maximum absolute atomic E-state index is 10.3. The quantitative estimate of drug-likeness (QED) is 0.0880. The van der Waals surface area contributed by atoms with Gasteiger partial charge in [0.25, 0.3) is 0 Å². The van der Waals surface area contributed by atoms with Crippen LogP contribution in [0.2, 0.25) is 0 Å². The number of rotatable bonds is 22. The van der Waals surface area contributed by atoms with E-state index in [1.807, 2.05) is 13.8 Å². The molecule has 0 aliphatic heterocycles. The third kappa shape index (κ3) is 16.9. The Morgan fingerprint density at radius 2 is 1.35 bits per heavy atom. The predicted molar refractivity (Wildman–Crippen MR) is 125 cm³/mol. The SMILES string of the molecule is CC(C)OC(CNCCCNCCCCNCCCN)OC(CO)C(CO)C(C)(C)O. The van der Waals surface area contributed by atoms with Gasteiger partial charge in [0.15, 0.2) is 6.29 Å². The summed E-state index contributed by atoms with van der Waals surface area (Å²) in [5, 5.41) is 39.8. The number of nitrogens with two attached hydrogens (primary N) is 1. The molecule has 0 aromatic heterocycles. The Labute approximate surface area is 189 Å². The summed E-state index contributed by atoms with van der Waals surface area (Å²) in [6, 6.07) is 0. The molecule has 0 aliphatic rings. The maximum Gasteiger partial charge on any atom is 0.170 e. The van der Waals surface area contributed by atoms with Gasteiger partial charge in [-0.1, -0.05) is 0 Å². The van der Waals surface area contributed by atoms with E-state index in [0.29, 0.717) is 6.54 Å². The first-order valence-corrected chi connectivity index (χ1v) is 11.8. The second-order valence-electron chi connectivity index (χ2n) is 8.82. The van der Waals surface area contributed by atoms with E-state index in [9.17, 15) is 15.3 Å². The molecule has 8 N–H and O–H groups in total. The Bertz CT molecular complexity index is 397. The summed E-state index contributed by atoms with van der Waals surface area (Å²) < 4.78 is 11.7. The Hall–Kier alpha value is -0.360. The molecule has 0 radical (unpaired) electrons. The van der Waals surface area contributed by atoms with Gasteiger partial charge >= 0.3 is 0 Å². The minimum atomic E-state index is -1.18. The molecule has 0 aromatic carbocycles. The van der Waals surface area contributed by atoms with Gasteiger partial charge in [-0.15, -0.1) is 0 Å². The van der Waals surface area contributed by atoms with E-state index in [1.165, 1.54) is 0 Å². The van der Waals surface area contributed by atoms with Gasteiger partial charge in [0.05, 0.1) is 31.0 Å². The summed E-state index contributed by atoms with van der Waals surface area (Å²) in [6.07, 6.45) is 2.98. The summed E-state index contributed by atoms with van der Waals surface area (Å²) in [5.74, 6) is -0.615. The number of hydrogen-bond donors (Lipinski definition) is 7. The highest BCUT2D eigenvalue weighted by atomic mass is 16.7. The molecule has 0 saturated heterocycles. The third-order valence-corrected chi connectivity index (χ3v) is 5.02. The highest BCUT2D eigenvalue weighted by molar-refractivity contribution is 4.84. The third-order valence-electron chi connectivity index (χ3n) is 5.02. The van der Waals surface area contributed by atoms with Crippen LogP contribution in [0.3, 0.4) is 0 Å². The predicted octanol–water partition coefficient (Wildman–Crippen LogP) is -0.218. The first-order chi connectivity index (χ1) is 14.8. The fourth-order valence-corrected chi connectivity index (χ4v) is 3.22. The van der Waals surface area contributed by atoms with Gasteiger partial charge in [-0.25, -0.2) is 0 Å². The number of nitrogens with one attached hydrogen (secondary N) is 3. The highest BCUT2D eigenvalue weighted by Crippen LogP contribution is 2.23. The standard InChI is InChI=1S/C22H50N4O5/c1-18(2)30-21(31-20(17-28)19(16-27)22(3,4)29)15-26-14-8-13-25-11-6-5-10-24-12-7-9-23/h18-21,24-29H,5-17,23H2,1-4H3. The van der Waals surface area contributed by atoms with Crippen LogP contribution in [0.25, 0.3) is 0 Å². The van der Waals surface area contributed by atoms with Crippen LogP contribution in [0.15, 0.2) is 0 Å². The molecule has 0 saturated carbocycles. The molecular formula is C22H50N4O5. The lowest BCUT2D eigenvalue weighted by Gasteiger charge is -2.36. The zero-order chi connectivity index (χ0) is 23.5. The van der Waals surface area contributed by atoms with E-state index in [-0.39, 0.29) is 19.3 Å². The van der Waals surface area contributed by atoms with Crippen molar-refractivity contribution in [3.63, 3.8) is 0 Å². The molecule has 0 fully saturated rings. The fourth-order valence-electron chi connectivity index (χ4n) is 3.22. The first-order valence-electron chi connectivity index (χ1n) is 11.8. The average molecular weight is 451 g/mol. The molecule has 3 atom stereocenters. The Morgan fingerprint density at radius 3 is 1.84 bits per heavy atom. The molecule has 9 heteroatoms. The Balaban J connectivity index is 4.06. The van der Waals surface area contributed by atoms with Crippen molar-refractivity contribution in [2.45, 2.75) is 77.5 Å². The molecule has 9 nitrogen and oxygen atoms in total. The van der Waals surface area contributed by atoms with Crippen molar-refractivity contribution < 1.29 is 24.8 Å². The molecule has 0 aromatic rings. The van der Waals surface area contributed by atoms with Crippen molar-refractivity contribution in [3.8, 4) is 0 Å². The summed E-state index contributed by atoms with van der Waals surface area (Å²) in [7, 11) is 0. The van der Waals surface area contributed by atoms with Crippen molar-refractivity contribution in [1.29, 1.82) is 0 Å². The highest BCUT2D eigenvalue weighted by Gasteiger charge is 2.35. The molecule has 3 unspecified atom stereocenters. The van der Waals surface area contributed by atoms with E-state index < -0.39 is 23.9 Å². The largest absolute Gasteiger partial charge is 0.396 e. The zero-order valence-corrected chi connectivity index (χ0v) is 20.2. The maximum atomic E-state index is 10.3. The van der Waals surface area contributed by atoms with Crippen molar-refractivity contribution >= 4 is 0 Å². The Kier molecular flexibility index (Phi) is 18.9. The van der Waals surface area contributed by atoms with Gasteiger partial charge in [-0.2, -0.15) is 0 Å². The minimum absolute atomic E-state index is 0.0488. The second-order valence-corrected chi connectivity index (χ2v) is 8.82. The summed E-state index contributed by atoms with van der Waals surface area (Å²) in [5.41, 5.74) is 4.28. The lowest BCUT2D eigenvalue weighted by molar-refractivity contribution is -0.219. The van der Waals surface area contributed by atoms with E-state index in [2.05, 4.69) is 16.0 Å². The van der Waals surface area contributed by atoms with E-state index in [1.54, 1.807) is 13.8 Å². The van der Waals surface area contributed by atoms with Crippen LogP contribution in [0.4, 0.5) is 0 Å². The monoisotopic (exact) mass is 450 g/mol. The van der Waals surface area contributed by atoms with Crippen LogP contribution in [-0.2, 0) is 9.47 Å². The number of aliphatic hydroxyl groups excluding tert-OH is 2. The number of hydrogen-bond acceptors (Lipinski definition) is 9. The average Bonchev–Trinajstić information content (AvgIpc) is 2.69. The second kappa shape index (κ2) is 19.1. The van der Waals surface area contributed by atoms with Crippen LogP contribution in [-0.4, -0.2) is 98.4 Å². The molecule has 0 spiro atoms. The van der Waals surface area contributed by atoms with Crippen LogP contribution in [0.1, 0.15) is 53.4 Å². The van der Waals surface area contributed by atoms with Gasteiger partial charge in [0.2, 0.25) is 0 Å². The van der Waals surface area contributed by atoms with Gasteiger partial charge in [-0.3, -0.25) is 0 Å². The fraction of sp³-hybridized carbons (Fsp3) is 1.00. The molecule has 0 aliphatic carbocycles. The molecule has 0 amide bonds. The molecule has 188 valence electrons. The van der Waals surface area contributed by atoms with Crippen LogP contribution in [0, 0.1) is 5.92 Å². The van der Waals surface area contributed by atoms with Crippen molar-refractivity contribution in [2.24, 2.45) is 11.7 Å². The topological polar surface area (TPSA) is 141 Å². The molecule has 31 heavy (non-hydrogen) atoms. The van der Waals surface area contributed by atoms with Gasteiger partial charge in [-0.05, 0) is 92.6 Å². The normalized spacial score (nSPS) is 15.4. The van der Waals surface area contributed by atoms with Crippen LogP contribution in [0.5, 0.6) is 0 Å². The molecule has 0 bridgehead atoms. The van der Waals surface area contributed by atoms with E-state index in [0.717, 1.165) is 65.0 Å². The van der Waals surface area contributed by atoms with Gasteiger partial charge in [0, 0.05) is 12.5 Å². The van der Waals surface area contributed by atoms with Gasteiger partial charge < -0.3 is 46.5 Å². The minimum Gasteiger partial charge on any atom is -0.396 e. The van der Waals surface area contributed by atoms with Crippen molar-refractivity contribution in [3.05, 3.63) is 0 Å². The molecular weight excluding hydrogens is 400 g/mol. The van der Waals surface area contributed by atoms with Crippen molar-refractivity contribution in [2.75, 3.05) is 59.0 Å². The van der Waals surface area contributed by atoms with E-state index in [4.69, 9.17) is 15.2 Å². The lowest BCUT2D eigenvalue weighted by atomic mass is 9.87. The summed E-state index contributed by atoms with van der Waals surface area (Å²) in [6.45, 7) is 12.5. The first kappa shape index (κ1) is 30.6. The van der Waals surface area contributed by atoms with Crippen molar-refractivity contribution in [1.82, 2.24) is 16.0 Å². The summed E-state index contributed by atoms with van der Waals surface area (Å²) in [4.78, 5) is 0. The molecule has 0 rings (SSSR count). The van der Waals surface area contributed by atoms with Gasteiger partial charge in [0.1, 0.15) is 0 Å². The van der Waals surface area contributed by atoms with Crippen LogP contribution >= 0.6 is 0 Å². The van der Waals surface area contributed by atoms with Crippen LogP contribution < -0.4 is 21.7 Å². The lowest BCUT2D eigenvalue weighted by Crippen LogP contribution is -2.48. The van der Waals surface area contributed by atoms with E-state index >= 15 is 0 Å². The number of aliphatic hydroxyl groups is 3. The zero-order valence-electron chi connectivity index (χ0n) is 20.2. The number of ether oxygens (including phenoxy) is 2. The smallest absolute Gasteiger partial charge is 0.170 e. The molecule has 0 heterocycles. The summed E-state index contributed by atoms with van der Waals surface area (Å²) >= 11 is 0. The number of unbranched alkanes of at least 4 members (excludes halogenated alkanes) is 1.